The normalized spacial score (nSPS) is 10.2. The Labute approximate surface area is 97.9 Å². The molecule has 2 rings (SSSR count). The van der Waals surface area contributed by atoms with Crippen molar-refractivity contribution in [2.75, 3.05) is 5.32 Å². The first-order chi connectivity index (χ1) is 8.29. The van der Waals surface area contributed by atoms with E-state index in [0.717, 1.165) is 0 Å². The molecule has 0 saturated carbocycles. The van der Waals surface area contributed by atoms with Crippen LogP contribution < -0.4 is 5.32 Å². The molecule has 17 heavy (non-hydrogen) atoms. The van der Waals surface area contributed by atoms with Crippen LogP contribution in [0, 0.1) is 0 Å². The minimum absolute atomic E-state index is 0.0970. The van der Waals surface area contributed by atoms with Crippen molar-refractivity contribution >= 4 is 11.6 Å². The number of nitrogens with zero attached hydrogens (tertiary/aromatic N) is 3. The lowest BCUT2D eigenvalue weighted by Gasteiger charge is -2.08. The van der Waals surface area contributed by atoms with Crippen molar-refractivity contribution < 1.29 is 9.90 Å². The van der Waals surface area contributed by atoms with Crippen molar-refractivity contribution in [1.29, 1.82) is 0 Å². The Hall–Kier alpha value is -2.21. The van der Waals surface area contributed by atoms with E-state index in [2.05, 4.69) is 15.4 Å². The Morgan fingerprint density at radius 3 is 2.94 bits per heavy atom. The molecule has 0 spiro atoms. The summed E-state index contributed by atoms with van der Waals surface area (Å²) in [6, 6.07) is 7.10. The number of hydrogen-bond acceptors (Lipinski definition) is 4. The number of carbonyl (C=O) groups is 1. The van der Waals surface area contributed by atoms with E-state index in [4.69, 9.17) is 5.11 Å². The van der Waals surface area contributed by atoms with Gasteiger partial charge in [-0.1, -0.05) is 18.2 Å². The number of para-hydroxylation sites is 1. The van der Waals surface area contributed by atoms with Crippen LogP contribution in [-0.2, 0) is 17.9 Å². The molecule has 0 aliphatic heterocycles. The van der Waals surface area contributed by atoms with Gasteiger partial charge in [0.05, 0.1) is 6.61 Å². The number of aliphatic hydroxyl groups is 1. The third-order valence-electron chi connectivity index (χ3n) is 2.23. The van der Waals surface area contributed by atoms with Crippen LogP contribution in [0.25, 0.3) is 0 Å². The number of nitrogens with one attached hydrogen (secondary N) is 1. The molecule has 6 nitrogen and oxygen atoms in total. The van der Waals surface area contributed by atoms with Gasteiger partial charge in [-0.05, 0) is 6.07 Å². The summed E-state index contributed by atoms with van der Waals surface area (Å²) in [6.07, 6.45) is 2.84. The molecular formula is C11H12N4O2. The van der Waals surface area contributed by atoms with E-state index < -0.39 is 0 Å². The molecule has 0 saturated heterocycles. The van der Waals surface area contributed by atoms with Crippen molar-refractivity contribution in [2.45, 2.75) is 13.2 Å². The largest absolute Gasteiger partial charge is 0.392 e. The topological polar surface area (TPSA) is 80.0 Å². The summed E-state index contributed by atoms with van der Waals surface area (Å²) >= 11 is 0. The molecule has 0 radical (unpaired) electrons. The summed E-state index contributed by atoms with van der Waals surface area (Å²) in [4.78, 5) is 15.4. The number of aliphatic hydroxyl groups excluding tert-OH is 1. The van der Waals surface area contributed by atoms with E-state index in [1.807, 2.05) is 0 Å². The SMILES string of the molecule is O=C(Cn1cncn1)Nc1ccccc1CO. The van der Waals surface area contributed by atoms with E-state index in [1.54, 1.807) is 24.3 Å². The highest BCUT2D eigenvalue weighted by atomic mass is 16.3. The van der Waals surface area contributed by atoms with Gasteiger partial charge in [0.15, 0.2) is 0 Å². The first-order valence-corrected chi connectivity index (χ1v) is 5.10. The minimum atomic E-state index is -0.212. The predicted octanol–water partition coefficient (Wildman–Crippen LogP) is 0.409. The standard InChI is InChI=1S/C11H12N4O2/c16-6-9-3-1-2-4-10(9)14-11(17)5-15-8-12-7-13-15/h1-4,7-8,16H,5-6H2,(H,14,17). The second kappa shape index (κ2) is 5.22. The third kappa shape index (κ3) is 2.88. The van der Waals surface area contributed by atoms with Gasteiger partial charge in [-0.2, -0.15) is 5.10 Å². The zero-order valence-electron chi connectivity index (χ0n) is 9.08. The molecule has 1 amide bonds. The van der Waals surface area contributed by atoms with Gasteiger partial charge in [-0.25, -0.2) is 9.67 Å². The van der Waals surface area contributed by atoms with Gasteiger partial charge in [0, 0.05) is 11.3 Å². The summed E-state index contributed by atoms with van der Waals surface area (Å²) < 4.78 is 1.43. The van der Waals surface area contributed by atoms with Gasteiger partial charge < -0.3 is 10.4 Å². The van der Waals surface area contributed by atoms with Crippen LogP contribution in [0.3, 0.4) is 0 Å². The zero-order valence-corrected chi connectivity index (χ0v) is 9.08. The molecule has 0 aliphatic carbocycles. The Kier molecular flexibility index (Phi) is 3.46. The maximum Gasteiger partial charge on any atom is 0.246 e. The first kappa shape index (κ1) is 11.3. The molecule has 0 bridgehead atoms. The number of amides is 1. The highest BCUT2D eigenvalue weighted by Gasteiger charge is 2.06. The van der Waals surface area contributed by atoms with Crippen LogP contribution in [0.4, 0.5) is 5.69 Å². The Balaban J connectivity index is 2.03. The summed E-state index contributed by atoms with van der Waals surface area (Å²) in [5.74, 6) is -0.212. The lowest BCUT2D eigenvalue weighted by Crippen LogP contribution is -2.19. The van der Waals surface area contributed by atoms with E-state index in [9.17, 15) is 4.79 Å². The Morgan fingerprint density at radius 1 is 1.41 bits per heavy atom. The molecule has 1 aromatic carbocycles. The fraction of sp³-hybridized carbons (Fsp3) is 0.182. The number of benzene rings is 1. The molecule has 88 valence electrons. The smallest absolute Gasteiger partial charge is 0.246 e. The predicted molar refractivity (Wildman–Crippen MR) is 61.0 cm³/mol. The highest BCUT2D eigenvalue weighted by molar-refractivity contribution is 5.91. The van der Waals surface area contributed by atoms with Crippen molar-refractivity contribution in [3.8, 4) is 0 Å². The fourth-order valence-electron chi connectivity index (χ4n) is 1.43. The van der Waals surface area contributed by atoms with Crippen LogP contribution in [-0.4, -0.2) is 25.8 Å². The van der Waals surface area contributed by atoms with Crippen LogP contribution in [0.5, 0.6) is 0 Å². The highest BCUT2D eigenvalue weighted by Crippen LogP contribution is 2.14. The molecule has 2 aromatic rings. The Bertz CT molecular complexity index is 496. The molecule has 0 unspecified atom stereocenters. The molecule has 0 atom stereocenters. The van der Waals surface area contributed by atoms with Gasteiger partial charge in [0.2, 0.25) is 5.91 Å². The van der Waals surface area contributed by atoms with Crippen LogP contribution in [0.2, 0.25) is 0 Å². The van der Waals surface area contributed by atoms with Gasteiger partial charge >= 0.3 is 0 Å². The molecular weight excluding hydrogens is 220 g/mol. The summed E-state index contributed by atoms with van der Waals surface area (Å²) in [5, 5.41) is 15.7. The van der Waals surface area contributed by atoms with Crippen LogP contribution >= 0.6 is 0 Å². The average Bonchev–Trinajstić information content (AvgIpc) is 2.82. The molecule has 1 heterocycles. The molecule has 6 heteroatoms. The second-order valence-electron chi connectivity index (χ2n) is 3.46. The van der Waals surface area contributed by atoms with Crippen LogP contribution in [0.1, 0.15) is 5.56 Å². The van der Waals surface area contributed by atoms with Gasteiger partial charge in [0.25, 0.3) is 0 Å². The van der Waals surface area contributed by atoms with E-state index in [0.29, 0.717) is 11.3 Å². The van der Waals surface area contributed by atoms with E-state index in [-0.39, 0.29) is 19.1 Å². The quantitative estimate of drug-likeness (QED) is 0.800. The zero-order chi connectivity index (χ0) is 12.1. The fourth-order valence-corrected chi connectivity index (χ4v) is 1.43. The number of anilines is 1. The average molecular weight is 232 g/mol. The Morgan fingerprint density at radius 2 is 2.24 bits per heavy atom. The van der Waals surface area contributed by atoms with Crippen molar-refractivity contribution in [3.63, 3.8) is 0 Å². The number of carbonyl (C=O) groups excluding carboxylic acids is 1. The lowest BCUT2D eigenvalue weighted by molar-refractivity contribution is -0.116. The van der Waals surface area contributed by atoms with Crippen molar-refractivity contribution in [1.82, 2.24) is 14.8 Å². The summed E-state index contributed by atoms with van der Waals surface area (Å²) in [7, 11) is 0. The second-order valence-corrected chi connectivity index (χ2v) is 3.46. The van der Waals surface area contributed by atoms with Crippen molar-refractivity contribution in [2.24, 2.45) is 0 Å². The summed E-state index contributed by atoms with van der Waals surface area (Å²) in [6.45, 7) is -0.0143. The maximum atomic E-state index is 11.7. The third-order valence-corrected chi connectivity index (χ3v) is 2.23. The van der Waals surface area contributed by atoms with Gasteiger partial charge in [0.1, 0.15) is 19.2 Å². The van der Waals surface area contributed by atoms with Gasteiger partial charge in [-0.3, -0.25) is 4.79 Å². The number of aromatic nitrogens is 3. The van der Waals surface area contributed by atoms with Crippen LogP contribution in [0.15, 0.2) is 36.9 Å². The first-order valence-electron chi connectivity index (χ1n) is 5.10. The minimum Gasteiger partial charge on any atom is -0.392 e. The van der Waals surface area contributed by atoms with Crippen molar-refractivity contribution in [3.05, 3.63) is 42.5 Å². The van der Waals surface area contributed by atoms with Gasteiger partial charge in [-0.15, -0.1) is 0 Å². The maximum absolute atomic E-state index is 11.7. The number of hydrogen-bond donors (Lipinski definition) is 2. The number of rotatable bonds is 4. The lowest BCUT2D eigenvalue weighted by atomic mass is 10.2. The van der Waals surface area contributed by atoms with E-state index >= 15 is 0 Å². The van der Waals surface area contributed by atoms with E-state index in [1.165, 1.54) is 17.3 Å². The molecule has 1 aromatic heterocycles. The summed E-state index contributed by atoms with van der Waals surface area (Å²) in [5.41, 5.74) is 1.29. The molecule has 0 fully saturated rings. The monoisotopic (exact) mass is 232 g/mol. The molecule has 0 aliphatic rings. The molecule has 2 N–H and O–H groups in total.